The molecule has 0 aliphatic carbocycles. The van der Waals surface area contributed by atoms with Crippen molar-refractivity contribution in [3.05, 3.63) is 24.0 Å². The maximum Gasteiger partial charge on any atom is 0.180 e. The smallest absolute Gasteiger partial charge is 0.180 e. The van der Waals surface area contributed by atoms with Gasteiger partial charge in [-0.2, -0.15) is 0 Å². The molecule has 0 aliphatic heterocycles. The average Bonchev–Trinajstić information content (AvgIpc) is 2.47. The molecule has 0 bridgehead atoms. The lowest BCUT2D eigenvalue weighted by molar-refractivity contribution is 0.0983. The number of nitrogens with zero attached hydrogens (tertiary/aromatic N) is 1. The third-order valence-corrected chi connectivity index (χ3v) is 3.37. The Morgan fingerprint density at radius 1 is 1.32 bits per heavy atom. The van der Waals surface area contributed by atoms with E-state index in [2.05, 4.69) is 18.8 Å². The summed E-state index contributed by atoms with van der Waals surface area (Å²) in [6.07, 6.45) is 6.97. The second-order valence-electron chi connectivity index (χ2n) is 4.88. The van der Waals surface area contributed by atoms with Crippen molar-refractivity contribution in [1.82, 2.24) is 4.98 Å². The maximum absolute atomic E-state index is 11.5. The number of carbonyl (C=O) groups is 1. The van der Waals surface area contributed by atoms with Crippen molar-refractivity contribution < 1.29 is 9.53 Å². The third-order valence-electron chi connectivity index (χ3n) is 3.37. The van der Waals surface area contributed by atoms with Gasteiger partial charge < -0.3 is 4.74 Å². The number of rotatable bonds is 9. The average molecular weight is 263 g/mol. The maximum atomic E-state index is 11.5. The quantitative estimate of drug-likeness (QED) is 0.624. The molecule has 19 heavy (non-hydrogen) atoms. The number of carbonyl (C=O) groups excluding carboxylic acids is 1. The summed E-state index contributed by atoms with van der Waals surface area (Å²) in [4.78, 5) is 15.6. The Labute approximate surface area is 116 Å². The topological polar surface area (TPSA) is 39.2 Å². The lowest BCUT2D eigenvalue weighted by Gasteiger charge is -2.15. The fourth-order valence-electron chi connectivity index (χ4n) is 1.92. The number of ether oxygens (including phenoxy) is 1. The van der Waals surface area contributed by atoms with Gasteiger partial charge in [0, 0.05) is 6.42 Å². The van der Waals surface area contributed by atoms with E-state index >= 15 is 0 Å². The Bertz CT molecular complexity index is 373. The molecule has 3 nitrogen and oxygen atoms in total. The van der Waals surface area contributed by atoms with Gasteiger partial charge in [0.05, 0.1) is 12.8 Å². The summed E-state index contributed by atoms with van der Waals surface area (Å²) in [6.45, 7) is 6.99. The summed E-state index contributed by atoms with van der Waals surface area (Å²) in [5, 5.41) is 0. The molecule has 1 unspecified atom stereocenters. The van der Waals surface area contributed by atoms with E-state index in [1.807, 2.05) is 13.0 Å². The molecule has 1 heterocycles. The Morgan fingerprint density at radius 3 is 2.63 bits per heavy atom. The first kappa shape index (κ1) is 15.7. The van der Waals surface area contributed by atoms with E-state index in [9.17, 15) is 4.79 Å². The highest BCUT2D eigenvalue weighted by molar-refractivity contribution is 5.93. The zero-order chi connectivity index (χ0) is 14.1. The first-order valence-corrected chi connectivity index (χ1v) is 7.33. The molecule has 0 spiro atoms. The molecule has 0 saturated heterocycles. The van der Waals surface area contributed by atoms with Crippen LogP contribution in [0.1, 0.15) is 63.4 Å². The third kappa shape index (κ3) is 5.41. The lowest BCUT2D eigenvalue weighted by Crippen LogP contribution is -2.11. The molecule has 0 aliphatic rings. The highest BCUT2D eigenvalue weighted by atomic mass is 16.5. The van der Waals surface area contributed by atoms with Crippen molar-refractivity contribution in [3.63, 3.8) is 0 Å². The van der Waals surface area contributed by atoms with E-state index in [0.717, 1.165) is 18.8 Å². The van der Waals surface area contributed by atoms with Crippen LogP contribution in [0.3, 0.4) is 0 Å². The minimum absolute atomic E-state index is 0.0703. The minimum atomic E-state index is 0.0703. The van der Waals surface area contributed by atoms with E-state index in [1.54, 1.807) is 12.3 Å². The first-order chi connectivity index (χ1) is 9.21. The van der Waals surface area contributed by atoms with Crippen LogP contribution in [-0.4, -0.2) is 17.4 Å². The van der Waals surface area contributed by atoms with Crippen LogP contribution in [0.5, 0.6) is 5.75 Å². The fraction of sp³-hybridized carbons (Fsp3) is 0.625. The molecule has 1 atom stereocenters. The Kier molecular flexibility index (Phi) is 7.16. The Balaban J connectivity index is 2.46. The zero-order valence-corrected chi connectivity index (χ0v) is 12.3. The van der Waals surface area contributed by atoms with E-state index in [4.69, 9.17) is 4.74 Å². The summed E-state index contributed by atoms with van der Waals surface area (Å²) >= 11 is 0. The molecule has 1 aromatic heterocycles. The lowest BCUT2D eigenvalue weighted by atomic mass is 10.0. The second kappa shape index (κ2) is 8.68. The Hall–Kier alpha value is -1.38. The molecule has 1 rings (SSSR count). The number of Topliss-reactive ketones (excluding diaryl/α,β-unsaturated/α-hetero) is 1. The molecule has 106 valence electrons. The summed E-state index contributed by atoms with van der Waals surface area (Å²) in [5.74, 6) is 1.43. The molecular formula is C16H25NO2. The molecule has 0 fully saturated rings. The van der Waals surface area contributed by atoms with Gasteiger partial charge in [-0.15, -0.1) is 0 Å². The normalized spacial score (nSPS) is 12.2. The van der Waals surface area contributed by atoms with Gasteiger partial charge in [0.25, 0.3) is 0 Å². The molecule has 0 aromatic carbocycles. The monoisotopic (exact) mass is 263 g/mol. The predicted molar refractivity (Wildman–Crippen MR) is 77.7 cm³/mol. The standard InChI is InChI=1S/C16H25NO2/c1-4-7-8-13(5-2)12-19-14-9-10-15(17-11-14)16(18)6-3/h9-11,13H,4-8,12H2,1-3H3. The van der Waals surface area contributed by atoms with Crippen LogP contribution in [0.4, 0.5) is 0 Å². The van der Waals surface area contributed by atoms with Gasteiger partial charge >= 0.3 is 0 Å². The Morgan fingerprint density at radius 2 is 2.11 bits per heavy atom. The van der Waals surface area contributed by atoms with Gasteiger partial charge in [-0.3, -0.25) is 4.79 Å². The number of unbranched alkanes of at least 4 members (excludes halogenated alkanes) is 1. The summed E-state index contributed by atoms with van der Waals surface area (Å²) in [5.41, 5.74) is 0.521. The molecule has 3 heteroatoms. The van der Waals surface area contributed by atoms with Crippen molar-refractivity contribution in [2.45, 2.75) is 52.9 Å². The minimum Gasteiger partial charge on any atom is -0.492 e. The van der Waals surface area contributed by atoms with Gasteiger partial charge in [0.15, 0.2) is 5.78 Å². The predicted octanol–water partition coefficient (Wildman–Crippen LogP) is 4.27. The number of ketones is 1. The van der Waals surface area contributed by atoms with Crippen LogP contribution < -0.4 is 4.74 Å². The zero-order valence-electron chi connectivity index (χ0n) is 12.3. The summed E-state index contributed by atoms with van der Waals surface area (Å²) in [7, 11) is 0. The van der Waals surface area contributed by atoms with Gasteiger partial charge in [-0.1, -0.05) is 40.0 Å². The second-order valence-corrected chi connectivity index (χ2v) is 4.88. The highest BCUT2D eigenvalue weighted by Gasteiger charge is 2.08. The summed E-state index contributed by atoms with van der Waals surface area (Å²) in [6, 6.07) is 3.58. The van der Waals surface area contributed by atoms with E-state index in [-0.39, 0.29) is 5.78 Å². The number of pyridine rings is 1. The SMILES string of the molecule is CCCCC(CC)COc1ccc(C(=O)CC)nc1. The van der Waals surface area contributed by atoms with E-state index in [1.165, 1.54) is 19.3 Å². The molecule has 0 radical (unpaired) electrons. The van der Waals surface area contributed by atoms with Crippen molar-refractivity contribution >= 4 is 5.78 Å². The van der Waals surface area contributed by atoms with Crippen LogP contribution >= 0.6 is 0 Å². The van der Waals surface area contributed by atoms with Crippen LogP contribution in [0.2, 0.25) is 0 Å². The van der Waals surface area contributed by atoms with Crippen LogP contribution in [0, 0.1) is 5.92 Å². The highest BCUT2D eigenvalue weighted by Crippen LogP contribution is 2.16. The van der Waals surface area contributed by atoms with Crippen molar-refractivity contribution in [2.24, 2.45) is 5.92 Å². The molecule has 0 N–H and O–H groups in total. The molecule has 0 saturated carbocycles. The van der Waals surface area contributed by atoms with Gasteiger partial charge in [0.1, 0.15) is 11.4 Å². The van der Waals surface area contributed by atoms with Crippen molar-refractivity contribution in [2.75, 3.05) is 6.61 Å². The van der Waals surface area contributed by atoms with Crippen molar-refractivity contribution in [1.29, 1.82) is 0 Å². The number of hydrogen-bond acceptors (Lipinski definition) is 3. The summed E-state index contributed by atoms with van der Waals surface area (Å²) < 4.78 is 5.75. The van der Waals surface area contributed by atoms with Gasteiger partial charge in [-0.05, 0) is 24.5 Å². The molecule has 1 aromatic rings. The first-order valence-electron chi connectivity index (χ1n) is 7.33. The van der Waals surface area contributed by atoms with Crippen molar-refractivity contribution in [3.8, 4) is 5.75 Å². The molecular weight excluding hydrogens is 238 g/mol. The van der Waals surface area contributed by atoms with E-state index in [0.29, 0.717) is 18.0 Å². The number of aromatic nitrogens is 1. The van der Waals surface area contributed by atoms with Crippen LogP contribution in [0.15, 0.2) is 18.3 Å². The van der Waals surface area contributed by atoms with Gasteiger partial charge in [-0.25, -0.2) is 4.98 Å². The molecule has 0 amide bonds. The number of hydrogen-bond donors (Lipinski definition) is 0. The van der Waals surface area contributed by atoms with Crippen LogP contribution in [0.25, 0.3) is 0 Å². The fourth-order valence-corrected chi connectivity index (χ4v) is 1.92. The largest absolute Gasteiger partial charge is 0.492 e. The van der Waals surface area contributed by atoms with Gasteiger partial charge in [0.2, 0.25) is 0 Å². The van der Waals surface area contributed by atoms with Crippen LogP contribution in [-0.2, 0) is 0 Å². The van der Waals surface area contributed by atoms with E-state index < -0.39 is 0 Å².